The highest BCUT2D eigenvalue weighted by Gasteiger charge is 2.42. The highest BCUT2D eigenvalue weighted by molar-refractivity contribution is 5.31. The van der Waals surface area contributed by atoms with Crippen LogP contribution in [0.4, 0.5) is 4.39 Å². The van der Waals surface area contributed by atoms with Crippen LogP contribution in [0, 0.1) is 12.7 Å². The van der Waals surface area contributed by atoms with Crippen molar-refractivity contribution >= 4 is 0 Å². The molecule has 1 aromatic carbocycles. The van der Waals surface area contributed by atoms with E-state index in [2.05, 4.69) is 0 Å². The van der Waals surface area contributed by atoms with Crippen molar-refractivity contribution in [3.63, 3.8) is 0 Å². The average molecular weight is 166 g/mol. The lowest BCUT2D eigenvalue weighted by molar-refractivity contribution is 0.151. The van der Waals surface area contributed by atoms with E-state index >= 15 is 0 Å². The Morgan fingerprint density at radius 2 is 2.08 bits per heavy atom. The zero-order valence-corrected chi connectivity index (χ0v) is 6.97. The first-order valence-corrected chi connectivity index (χ1v) is 4.11. The van der Waals surface area contributed by atoms with Gasteiger partial charge in [-0.05, 0) is 37.0 Å². The topological polar surface area (TPSA) is 20.2 Å². The average Bonchev–Trinajstić information content (AvgIpc) is 2.75. The third-order valence-corrected chi connectivity index (χ3v) is 2.43. The van der Waals surface area contributed by atoms with Crippen LogP contribution in [0.3, 0.4) is 0 Å². The van der Waals surface area contributed by atoms with Gasteiger partial charge in [-0.25, -0.2) is 4.39 Å². The molecule has 12 heavy (non-hydrogen) atoms. The molecule has 1 aliphatic carbocycles. The summed E-state index contributed by atoms with van der Waals surface area (Å²) in [5, 5.41) is 9.65. The summed E-state index contributed by atoms with van der Waals surface area (Å²) in [5.74, 6) is -0.229. The van der Waals surface area contributed by atoms with E-state index in [-0.39, 0.29) is 5.82 Å². The normalized spacial score (nSPS) is 19.2. The maximum absolute atomic E-state index is 13.0. The fourth-order valence-corrected chi connectivity index (χ4v) is 1.29. The Bertz CT molecular complexity index is 316. The van der Waals surface area contributed by atoms with Crippen molar-refractivity contribution < 1.29 is 9.50 Å². The lowest BCUT2D eigenvalue weighted by atomic mass is 10.1. The monoisotopic (exact) mass is 166 g/mol. The van der Waals surface area contributed by atoms with E-state index in [4.69, 9.17) is 0 Å². The SMILES string of the molecule is Cc1ccc(C2(O)CC2)cc1F. The lowest BCUT2D eigenvalue weighted by Gasteiger charge is -2.08. The molecule has 1 aliphatic rings. The molecular formula is C10H11FO. The van der Waals surface area contributed by atoms with E-state index in [1.54, 1.807) is 19.1 Å². The molecule has 2 rings (SSSR count). The molecule has 0 unspecified atom stereocenters. The van der Waals surface area contributed by atoms with E-state index in [1.807, 2.05) is 0 Å². The number of halogens is 1. The second-order valence-electron chi connectivity index (χ2n) is 3.50. The molecule has 0 amide bonds. The molecule has 0 saturated heterocycles. The second-order valence-corrected chi connectivity index (χ2v) is 3.50. The lowest BCUT2D eigenvalue weighted by Crippen LogP contribution is -2.04. The molecule has 0 spiro atoms. The summed E-state index contributed by atoms with van der Waals surface area (Å²) < 4.78 is 13.0. The molecule has 2 heteroatoms. The number of aryl methyl sites for hydroxylation is 1. The zero-order valence-electron chi connectivity index (χ0n) is 6.97. The van der Waals surface area contributed by atoms with Crippen molar-refractivity contribution in [1.82, 2.24) is 0 Å². The van der Waals surface area contributed by atoms with Gasteiger partial charge in [-0.1, -0.05) is 12.1 Å². The first-order valence-electron chi connectivity index (χ1n) is 4.11. The van der Waals surface area contributed by atoms with E-state index < -0.39 is 5.60 Å². The van der Waals surface area contributed by atoms with Crippen LogP contribution < -0.4 is 0 Å². The number of hydrogen-bond acceptors (Lipinski definition) is 1. The summed E-state index contributed by atoms with van der Waals surface area (Å²) in [4.78, 5) is 0. The fourth-order valence-electron chi connectivity index (χ4n) is 1.29. The molecule has 64 valence electrons. The number of aliphatic hydroxyl groups is 1. The largest absolute Gasteiger partial charge is 0.385 e. The van der Waals surface area contributed by atoms with Gasteiger partial charge < -0.3 is 5.11 Å². The Morgan fingerprint density at radius 1 is 1.42 bits per heavy atom. The fraction of sp³-hybridized carbons (Fsp3) is 0.400. The molecule has 1 N–H and O–H groups in total. The maximum atomic E-state index is 13.0. The summed E-state index contributed by atoms with van der Waals surface area (Å²) in [6, 6.07) is 4.94. The van der Waals surface area contributed by atoms with Crippen LogP contribution in [0.25, 0.3) is 0 Å². The van der Waals surface area contributed by atoms with Crippen molar-refractivity contribution in [2.75, 3.05) is 0 Å². The van der Waals surface area contributed by atoms with Gasteiger partial charge in [-0.2, -0.15) is 0 Å². The highest BCUT2D eigenvalue weighted by atomic mass is 19.1. The van der Waals surface area contributed by atoms with E-state index in [0.717, 1.165) is 12.8 Å². The van der Waals surface area contributed by atoms with Crippen molar-refractivity contribution in [3.8, 4) is 0 Å². The minimum Gasteiger partial charge on any atom is -0.385 e. The summed E-state index contributed by atoms with van der Waals surface area (Å²) in [5.41, 5.74) is 0.628. The molecule has 0 aromatic heterocycles. The maximum Gasteiger partial charge on any atom is 0.126 e. The third kappa shape index (κ3) is 1.12. The highest BCUT2D eigenvalue weighted by Crippen LogP contribution is 2.45. The van der Waals surface area contributed by atoms with Gasteiger partial charge in [0.2, 0.25) is 0 Å². The molecule has 0 radical (unpaired) electrons. The van der Waals surface area contributed by atoms with Gasteiger partial charge in [-0.15, -0.1) is 0 Å². The first kappa shape index (κ1) is 7.74. The van der Waals surface area contributed by atoms with Crippen LogP contribution in [0.1, 0.15) is 24.0 Å². The third-order valence-electron chi connectivity index (χ3n) is 2.43. The molecule has 0 atom stereocenters. The Hall–Kier alpha value is -0.890. The Kier molecular flexibility index (Phi) is 1.48. The number of benzene rings is 1. The van der Waals surface area contributed by atoms with Crippen LogP contribution in [0.2, 0.25) is 0 Å². The van der Waals surface area contributed by atoms with Gasteiger partial charge in [0.25, 0.3) is 0 Å². The summed E-state index contributed by atoms with van der Waals surface area (Å²) in [7, 11) is 0. The quantitative estimate of drug-likeness (QED) is 0.677. The van der Waals surface area contributed by atoms with E-state index in [1.165, 1.54) is 6.07 Å². The number of rotatable bonds is 1. The Morgan fingerprint density at radius 3 is 2.58 bits per heavy atom. The first-order chi connectivity index (χ1) is 5.62. The van der Waals surface area contributed by atoms with Crippen LogP contribution >= 0.6 is 0 Å². The smallest absolute Gasteiger partial charge is 0.126 e. The second kappa shape index (κ2) is 2.30. The van der Waals surface area contributed by atoms with E-state index in [0.29, 0.717) is 11.1 Å². The predicted molar refractivity (Wildman–Crippen MR) is 44.3 cm³/mol. The Labute approximate surface area is 70.8 Å². The zero-order chi connectivity index (χ0) is 8.77. The van der Waals surface area contributed by atoms with Crippen LogP contribution in [-0.4, -0.2) is 5.11 Å². The minimum absolute atomic E-state index is 0.229. The van der Waals surface area contributed by atoms with Gasteiger partial charge in [0.1, 0.15) is 5.82 Å². The summed E-state index contributed by atoms with van der Waals surface area (Å²) in [6.07, 6.45) is 1.52. The summed E-state index contributed by atoms with van der Waals surface area (Å²) >= 11 is 0. The molecule has 0 heterocycles. The molecular weight excluding hydrogens is 155 g/mol. The van der Waals surface area contributed by atoms with Gasteiger partial charge in [-0.3, -0.25) is 0 Å². The molecule has 1 saturated carbocycles. The van der Waals surface area contributed by atoms with Gasteiger partial charge in [0, 0.05) is 0 Å². The molecule has 1 aromatic rings. The standard InChI is InChI=1S/C10H11FO/c1-7-2-3-8(6-9(7)11)10(12)4-5-10/h2-3,6,12H,4-5H2,1H3. The van der Waals surface area contributed by atoms with Crippen LogP contribution in [-0.2, 0) is 5.60 Å². The molecule has 0 bridgehead atoms. The van der Waals surface area contributed by atoms with Crippen molar-refractivity contribution in [2.45, 2.75) is 25.4 Å². The van der Waals surface area contributed by atoms with Crippen LogP contribution in [0.5, 0.6) is 0 Å². The minimum atomic E-state index is -0.714. The van der Waals surface area contributed by atoms with Crippen LogP contribution in [0.15, 0.2) is 18.2 Å². The molecule has 1 nitrogen and oxygen atoms in total. The van der Waals surface area contributed by atoms with Crippen molar-refractivity contribution in [2.24, 2.45) is 0 Å². The number of hydrogen-bond donors (Lipinski definition) is 1. The van der Waals surface area contributed by atoms with E-state index in [9.17, 15) is 9.50 Å². The predicted octanol–water partition coefficient (Wildman–Crippen LogP) is 2.12. The van der Waals surface area contributed by atoms with Gasteiger partial charge >= 0.3 is 0 Å². The summed E-state index contributed by atoms with van der Waals surface area (Å²) in [6.45, 7) is 1.72. The molecule has 1 fully saturated rings. The Balaban J connectivity index is 2.41. The molecule has 0 aliphatic heterocycles. The van der Waals surface area contributed by atoms with Gasteiger partial charge in [0.05, 0.1) is 5.60 Å². The van der Waals surface area contributed by atoms with Gasteiger partial charge in [0.15, 0.2) is 0 Å². The van der Waals surface area contributed by atoms with Crippen molar-refractivity contribution in [3.05, 3.63) is 35.1 Å². The van der Waals surface area contributed by atoms with Crippen molar-refractivity contribution in [1.29, 1.82) is 0 Å².